The van der Waals surface area contributed by atoms with E-state index in [9.17, 15) is 15.0 Å². The standard InChI is InChI=1S/C23H26Cl2N4O4/c24-14-1-2-21-13(7-14)10-23(33-21)3-5-28(6-4-23)18-11-29(12-20(18)31)17-9-19(30)15(25)8-16(17)27-22(26)32/h1-2,7-9,18,20,30-31H,3-6,10-12H2,(H3,26,27,32). The molecule has 2 atom stereocenters. The molecule has 176 valence electrons. The van der Waals surface area contributed by atoms with Crippen LogP contribution in [-0.4, -0.2) is 65.1 Å². The van der Waals surface area contributed by atoms with E-state index < -0.39 is 12.1 Å². The fraction of sp³-hybridized carbons (Fsp3) is 0.435. The Bertz CT molecular complexity index is 1090. The molecule has 3 aliphatic rings. The van der Waals surface area contributed by atoms with Crippen LogP contribution in [-0.2, 0) is 6.42 Å². The molecule has 0 radical (unpaired) electrons. The number of phenols is 1. The van der Waals surface area contributed by atoms with Gasteiger partial charge in [-0.15, -0.1) is 0 Å². The quantitative estimate of drug-likeness (QED) is 0.489. The van der Waals surface area contributed by atoms with Crippen LogP contribution in [0, 0.1) is 0 Å². The summed E-state index contributed by atoms with van der Waals surface area (Å²) in [6.45, 7) is 2.51. The second-order valence-electron chi connectivity index (χ2n) is 9.10. The van der Waals surface area contributed by atoms with Gasteiger partial charge in [0.05, 0.1) is 28.5 Å². The molecule has 0 aliphatic carbocycles. The molecule has 0 saturated carbocycles. The minimum absolute atomic E-state index is 0.0835. The van der Waals surface area contributed by atoms with Crippen LogP contribution < -0.4 is 20.7 Å². The third-order valence-corrected chi connectivity index (χ3v) is 7.50. The third-order valence-electron chi connectivity index (χ3n) is 6.96. The molecule has 2 aromatic rings. The third kappa shape index (κ3) is 4.28. The molecule has 1 spiro atoms. The van der Waals surface area contributed by atoms with Gasteiger partial charge in [-0.25, -0.2) is 4.79 Å². The van der Waals surface area contributed by atoms with Gasteiger partial charge in [0.2, 0.25) is 0 Å². The molecule has 2 aromatic carbocycles. The van der Waals surface area contributed by atoms with Gasteiger partial charge in [0.15, 0.2) is 0 Å². The van der Waals surface area contributed by atoms with Gasteiger partial charge < -0.3 is 30.9 Å². The zero-order valence-corrected chi connectivity index (χ0v) is 19.4. The van der Waals surface area contributed by atoms with E-state index in [4.69, 9.17) is 33.7 Å². The van der Waals surface area contributed by atoms with E-state index in [1.165, 1.54) is 12.1 Å². The Morgan fingerprint density at radius 1 is 1.18 bits per heavy atom. The molecule has 8 nitrogen and oxygen atoms in total. The number of rotatable bonds is 3. The molecule has 2 saturated heterocycles. The predicted molar refractivity (Wildman–Crippen MR) is 128 cm³/mol. The number of fused-ring (bicyclic) bond motifs is 1. The molecule has 3 aliphatic heterocycles. The highest BCUT2D eigenvalue weighted by atomic mass is 35.5. The van der Waals surface area contributed by atoms with Crippen molar-refractivity contribution in [1.29, 1.82) is 0 Å². The first-order valence-electron chi connectivity index (χ1n) is 11.0. The number of amides is 2. The summed E-state index contributed by atoms with van der Waals surface area (Å²) in [6.07, 6.45) is 1.98. The van der Waals surface area contributed by atoms with Crippen molar-refractivity contribution < 1.29 is 19.7 Å². The molecule has 0 aromatic heterocycles. The smallest absolute Gasteiger partial charge is 0.316 e. The van der Waals surface area contributed by atoms with E-state index in [1.54, 1.807) is 0 Å². The van der Waals surface area contributed by atoms with E-state index in [1.807, 2.05) is 23.1 Å². The minimum atomic E-state index is -0.727. The summed E-state index contributed by atoms with van der Waals surface area (Å²) in [5, 5.41) is 24.4. The van der Waals surface area contributed by atoms with Crippen LogP contribution in [0.1, 0.15) is 18.4 Å². The summed E-state index contributed by atoms with van der Waals surface area (Å²) in [5.74, 6) is 0.814. The first-order chi connectivity index (χ1) is 15.7. The number of primary amides is 1. The summed E-state index contributed by atoms with van der Waals surface area (Å²) in [7, 11) is 0. The van der Waals surface area contributed by atoms with Crippen molar-refractivity contribution in [3.63, 3.8) is 0 Å². The summed E-state index contributed by atoms with van der Waals surface area (Å²) in [6, 6.07) is 7.92. The van der Waals surface area contributed by atoms with Gasteiger partial charge >= 0.3 is 6.03 Å². The molecule has 2 amide bonds. The maximum Gasteiger partial charge on any atom is 0.316 e. The maximum absolute atomic E-state index is 11.4. The van der Waals surface area contributed by atoms with Crippen LogP contribution in [0.25, 0.3) is 0 Å². The summed E-state index contributed by atoms with van der Waals surface area (Å²) in [5.41, 5.74) is 7.20. The highest BCUT2D eigenvalue weighted by Gasteiger charge is 2.45. The normalized spacial score (nSPS) is 24.0. The maximum atomic E-state index is 11.4. The van der Waals surface area contributed by atoms with Crippen LogP contribution in [0.5, 0.6) is 11.5 Å². The molecule has 5 rings (SSSR count). The lowest BCUT2D eigenvalue weighted by Gasteiger charge is -2.41. The lowest BCUT2D eigenvalue weighted by Crippen LogP contribution is -2.53. The number of ether oxygens (including phenoxy) is 1. The largest absolute Gasteiger partial charge is 0.506 e. The van der Waals surface area contributed by atoms with Crippen LogP contribution in [0.2, 0.25) is 10.0 Å². The average Bonchev–Trinajstić information content (AvgIpc) is 3.30. The topological polar surface area (TPSA) is 111 Å². The number of halogens is 2. The molecule has 10 heteroatoms. The monoisotopic (exact) mass is 492 g/mol. The van der Waals surface area contributed by atoms with Crippen molar-refractivity contribution in [3.8, 4) is 11.5 Å². The van der Waals surface area contributed by atoms with Crippen molar-refractivity contribution >= 4 is 40.6 Å². The Morgan fingerprint density at radius 2 is 1.94 bits per heavy atom. The number of nitrogens with one attached hydrogen (secondary N) is 1. The second kappa shape index (κ2) is 8.43. The number of nitrogens with zero attached hydrogens (tertiary/aromatic N) is 2. The highest BCUT2D eigenvalue weighted by Crippen LogP contribution is 2.43. The van der Waals surface area contributed by atoms with Crippen LogP contribution in [0.3, 0.4) is 0 Å². The number of phenolic OH excluding ortho intramolecular Hbond substituents is 1. The van der Waals surface area contributed by atoms with Gasteiger partial charge in [-0.05, 0) is 29.8 Å². The van der Waals surface area contributed by atoms with Crippen molar-refractivity contribution in [3.05, 3.63) is 45.9 Å². The van der Waals surface area contributed by atoms with E-state index in [-0.39, 0.29) is 22.4 Å². The molecule has 3 heterocycles. The molecule has 33 heavy (non-hydrogen) atoms. The van der Waals surface area contributed by atoms with Gasteiger partial charge in [0, 0.05) is 56.5 Å². The van der Waals surface area contributed by atoms with Crippen molar-refractivity contribution in [2.45, 2.75) is 37.0 Å². The van der Waals surface area contributed by atoms with E-state index in [2.05, 4.69) is 10.2 Å². The van der Waals surface area contributed by atoms with Gasteiger partial charge in [-0.1, -0.05) is 23.2 Å². The second-order valence-corrected chi connectivity index (χ2v) is 9.94. The summed E-state index contributed by atoms with van der Waals surface area (Å²) < 4.78 is 6.35. The number of benzene rings is 2. The lowest BCUT2D eigenvalue weighted by atomic mass is 9.86. The summed E-state index contributed by atoms with van der Waals surface area (Å²) >= 11 is 12.2. The lowest BCUT2D eigenvalue weighted by molar-refractivity contribution is -0.0107. The number of aromatic hydroxyl groups is 1. The van der Waals surface area contributed by atoms with Gasteiger partial charge in [-0.3, -0.25) is 4.90 Å². The van der Waals surface area contributed by atoms with Crippen LogP contribution in [0.15, 0.2) is 30.3 Å². The summed E-state index contributed by atoms with van der Waals surface area (Å²) in [4.78, 5) is 15.7. The Morgan fingerprint density at radius 3 is 2.67 bits per heavy atom. The van der Waals surface area contributed by atoms with Gasteiger partial charge in [0.1, 0.15) is 17.1 Å². The minimum Gasteiger partial charge on any atom is -0.506 e. The zero-order valence-electron chi connectivity index (χ0n) is 17.9. The fourth-order valence-electron chi connectivity index (χ4n) is 5.31. The molecule has 2 unspecified atom stereocenters. The first-order valence-corrected chi connectivity index (χ1v) is 11.7. The number of aliphatic hydroxyl groups is 1. The molecular formula is C23H26Cl2N4O4. The highest BCUT2D eigenvalue weighted by molar-refractivity contribution is 6.32. The fourth-order valence-corrected chi connectivity index (χ4v) is 5.67. The van der Waals surface area contributed by atoms with E-state index in [0.29, 0.717) is 24.5 Å². The Balaban J connectivity index is 1.28. The number of nitrogens with two attached hydrogens (primary N) is 1. The number of hydrogen-bond acceptors (Lipinski definition) is 6. The number of hydrogen-bond donors (Lipinski definition) is 4. The van der Waals surface area contributed by atoms with E-state index >= 15 is 0 Å². The number of anilines is 2. The SMILES string of the molecule is NC(=O)Nc1cc(Cl)c(O)cc1N1CC(O)C(N2CCC3(CC2)Cc2cc(Cl)ccc2O3)C1. The Labute approximate surface area is 201 Å². The van der Waals surface area contributed by atoms with Crippen molar-refractivity contribution in [2.24, 2.45) is 5.73 Å². The molecule has 5 N–H and O–H groups in total. The Kier molecular flexibility index (Phi) is 5.73. The number of likely N-dealkylation sites (tertiary alicyclic amines) is 1. The average molecular weight is 493 g/mol. The number of β-amino-alcohol motifs (C(OH)–C–C–N with tert-alkyl or cyclic N) is 1. The number of aliphatic hydroxyl groups excluding tert-OH is 1. The van der Waals surface area contributed by atoms with Crippen LogP contribution >= 0.6 is 23.2 Å². The van der Waals surface area contributed by atoms with Crippen LogP contribution in [0.4, 0.5) is 16.2 Å². The number of carbonyl (C=O) groups excluding carboxylic acids is 1. The first kappa shape index (κ1) is 22.4. The van der Waals surface area contributed by atoms with Gasteiger partial charge in [0.25, 0.3) is 0 Å². The Hall–Kier alpha value is -2.39. The van der Waals surface area contributed by atoms with E-state index in [0.717, 1.165) is 48.7 Å². The zero-order chi connectivity index (χ0) is 23.3. The number of piperidine rings is 1. The number of urea groups is 1. The molecular weight excluding hydrogens is 467 g/mol. The van der Waals surface area contributed by atoms with Gasteiger partial charge in [-0.2, -0.15) is 0 Å². The van der Waals surface area contributed by atoms with Crippen molar-refractivity contribution in [2.75, 3.05) is 36.4 Å². The molecule has 2 fully saturated rings. The van der Waals surface area contributed by atoms with Crippen molar-refractivity contribution in [1.82, 2.24) is 4.90 Å². The molecule has 0 bridgehead atoms. The predicted octanol–water partition coefficient (Wildman–Crippen LogP) is 3.21. The number of carbonyl (C=O) groups is 1.